The quantitative estimate of drug-likeness (QED) is 0.769. The maximum absolute atomic E-state index is 11.8. The third-order valence-electron chi connectivity index (χ3n) is 2.94. The summed E-state index contributed by atoms with van der Waals surface area (Å²) in [6, 6.07) is 9.60. The maximum atomic E-state index is 11.8. The van der Waals surface area contributed by atoms with E-state index in [1.807, 2.05) is 30.3 Å². The first-order valence-electron chi connectivity index (χ1n) is 5.88. The van der Waals surface area contributed by atoms with Crippen LogP contribution >= 0.6 is 0 Å². The van der Waals surface area contributed by atoms with E-state index in [0.717, 1.165) is 12.0 Å². The van der Waals surface area contributed by atoms with Crippen LogP contribution in [0.1, 0.15) is 18.4 Å². The fourth-order valence-electron chi connectivity index (χ4n) is 1.96. The lowest BCUT2D eigenvalue weighted by atomic mass is 9.97. The summed E-state index contributed by atoms with van der Waals surface area (Å²) in [6.07, 6.45) is 0.580. The van der Waals surface area contributed by atoms with E-state index in [0.29, 0.717) is 19.6 Å². The second-order valence-electron chi connectivity index (χ2n) is 4.28. The van der Waals surface area contributed by atoms with Crippen molar-refractivity contribution in [2.75, 3.05) is 6.54 Å². The first-order valence-corrected chi connectivity index (χ1v) is 5.88. The number of hydrogen-bond acceptors (Lipinski definition) is 4. The van der Waals surface area contributed by atoms with Crippen molar-refractivity contribution in [1.82, 2.24) is 5.32 Å². The van der Waals surface area contributed by atoms with Crippen LogP contribution in [-0.2, 0) is 16.1 Å². The van der Waals surface area contributed by atoms with Gasteiger partial charge in [-0.25, -0.2) is 0 Å². The topological polar surface area (TPSA) is 58.6 Å². The largest absolute Gasteiger partial charge is 0.461 e. The fourth-order valence-corrected chi connectivity index (χ4v) is 1.96. The molecule has 0 aliphatic carbocycles. The highest BCUT2D eigenvalue weighted by atomic mass is 16.5. The number of hydrogen-bond donors (Lipinski definition) is 2. The van der Waals surface area contributed by atoms with Crippen LogP contribution in [0.15, 0.2) is 30.3 Å². The van der Waals surface area contributed by atoms with Crippen LogP contribution in [0.2, 0.25) is 0 Å². The summed E-state index contributed by atoms with van der Waals surface area (Å²) in [5.74, 6) is -0.399. The molecule has 0 amide bonds. The number of nitrogens with one attached hydrogen (secondary N) is 1. The van der Waals surface area contributed by atoms with Crippen LogP contribution in [0.3, 0.4) is 0 Å². The van der Waals surface area contributed by atoms with E-state index in [1.54, 1.807) is 0 Å². The van der Waals surface area contributed by atoms with Gasteiger partial charge in [-0.1, -0.05) is 30.3 Å². The molecule has 2 unspecified atom stereocenters. The Morgan fingerprint density at radius 2 is 2.18 bits per heavy atom. The molecule has 1 aliphatic rings. The van der Waals surface area contributed by atoms with E-state index >= 15 is 0 Å². The summed E-state index contributed by atoms with van der Waals surface area (Å²) in [6.45, 7) is 0.964. The third-order valence-corrected chi connectivity index (χ3v) is 2.94. The number of ether oxygens (including phenoxy) is 1. The summed E-state index contributed by atoms with van der Waals surface area (Å²) >= 11 is 0. The van der Waals surface area contributed by atoms with E-state index in [-0.39, 0.29) is 11.9 Å². The van der Waals surface area contributed by atoms with Crippen LogP contribution in [0.25, 0.3) is 0 Å². The second kappa shape index (κ2) is 5.80. The molecule has 0 aromatic heterocycles. The van der Waals surface area contributed by atoms with E-state index in [1.165, 1.54) is 0 Å². The molecule has 1 aromatic rings. The number of aliphatic hydroxyl groups excluding tert-OH is 1. The zero-order valence-electron chi connectivity index (χ0n) is 9.63. The highest BCUT2D eigenvalue weighted by Crippen LogP contribution is 2.17. The summed E-state index contributed by atoms with van der Waals surface area (Å²) in [4.78, 5) is 11.8. The normalized spacial score (nSPS) is 24.3. The Bertz CT molecular complexity index is 366. The van der Waals surface area contributed by atoms with Gasteiger partial charge in [0.2, 0.25) is 0 Å². The number of rotatable bonds is 3. The molecule has 1 fully saturated rings. The highest BCUT2D eigenvalue weighted by molar-refractivity contribution is 5.72. The van der Waals surface area contributed by atoms with Crippen LogP contribution in [-0.4, -0.2) is 23.8 Å². The Hall–Kier alpha value is -1.39. The summed E-state index contributed by atoms with van der Waals surface area (Å²) in [5, 5.41) is 12.3. The lowest BCUT2D eigenvalue weighted by Gasteiger charge is -2.25. The van der Waals surface area contributed by atoms with Gasteiger partial charge in [0.25, 0.3) is 0 Å². The molecule has 0 saturated carbocycles. The Labute approximate surface area is 101 Å². The van der Waals surface area contributed by atoms with Gasteiger partial charge in [0.15, 0.2) is 0 Å². The molecule has 4 nitrogen and oxygen atoms in total. The molecule has 0 bridgehead atoms. The third kappa shape index (κ3) is 3.54. The lowest BCUT2D eigenvalue weighted by molar-refractivity contribution is -0.152. The van der Waals surface area contributed by atoms with Crippen molar-refractivity contribution in [3.8, 4) is 0 Å². The van der Waals surface area contributed by atoms with Crippen molar-refractivity contribution in [2.24, 2.45) is 5.92 Å². The number of esters is 1. The Morgan fingerprint density at radius 3 is 2.88 bits per heavy atom. The number of aliphatic hydroxyl groups is 1. The van der Waals surface area contributed by atoms with Gasteiger partial charge >= 0.3 is 5.97 Å². The Kier molecular flexibility index (Phi) is 4.12. The summed E-state index contributed by atoms with van der Waals surface area (Å²) in [5.41, 5.74) is 0.982. The molecule has 17 heavy (non-hydrogen) atoms. The monoisotopic (exact) mass is 235 g/mol. The van der Waals surface area contributed by atoms with Crippen LogP contribution in [0.4, 0.5) is 0 Å². The van der Waals surface area contributed by atoms with Gasteiger partial charge in [-0.2, -0.15) is 0 Å². The molecule has 1 aromatic carbocycles. The van der Waals surface area contributed by atoms with Crippen LogP contribution in [0, 0.1) is 5.92 Å². The standard InChI is InChI=1S/C13H17NO3/c15-12-8-11(6-7-14-12)13(16)17-9-10-4-2-1-3-5-10/h1-5,11-12,14-15H,6-9H2. The van der Waals surface area contributed by atoms with Crippen molar-refractivity contribution >= 4 is 5.97 Å². The van der Waals surface area contributed by atoms with Gasteiger partial charge in [-0.05, 0) is 18.5 Å². The van der Waals surface area contributed by atoms with Gasteiger partial charge in [0, 0.05) is 6.42 Å². The van der Waals surface area contributed by atoms with Gasteiger partial charge < -0.3 is 9.84 Å². The molecule has 2 atom stereocenters. The number of carbonyl (C=O) groups excluding carboxylic acids is 1. The molecular formula is C13H17NO3. The van der Waals surface area contributed by atoms with Crippen molar-refractivity contribution in [3.63, 3.8) is 0 Å². The predicted molar refractivity (Wildman–Crippen MR) is 63.0 cm³/mol. The fraction of sp³-hybridized carbons (Fsp3) is 0.462. The maximum Gasteiger partial charge on any atom is 0.309 e. The number of benzene rings is 1. The Morgan fingerprint density at radius 1 is 1.41 bits per heavy atom. The first kappa shape index (κ1) is 12.1. The minimum atomic E-state index is -0.585. The minimum absolute atomic E-state index is 0.185. The number of carbonyl (C=O) groups is 1. The molecule has 1 heterocycles. The zero-order valence-corrected chi connectivity index (χ0v) is 9.63. The molecule has 2 N–H and O–H groups in total. The van der Waals surface area contributed by atoms with Gasteiger partial charge in [0.05, 0.1) is 5.92 Å². The highest BCUT2D eigenvalue weighted by Gasteiger charge is 2.26. The first-order chi connectivity index (χ1) is 8.25. The molecule has 92 valence electrons. The molecule has 2 rings (SSSR count). The van der Waals surface area contributed by atoms with Crippen molar-refractivity contribution in [1.29, 1.82) is 0 Å². The average molecular weight is 235 g/mol. The SMILES string of the molecule is O=C(OCc1ccccc1)C1CCNC(O)C1. The van der Waals surface area contributed by atoms with Crippen molar-refractivity contribution in [3.05, 3.63) is 35.9 Å². The zero-order chi connectivity index (χ0) is 12.1. The lowest BCUT2D eigenvalue weighted by Crippen LogP contribution is -2.40. The summed E-state index contributed by atoms with van der Waals surface area (Å²) < 4.78 is 5.24. The van der Waals surface area contributed by atoms with Crippen LogP contribution < -0.4 is 5.32 Å². The van der Waals surface area contributed by atoms with Crippen molar-refractivity contribution < 1.29 is 14.6 Å². The van der Waals surface area contributed by atoms with Crippen molar-refractivity contribution in [2.45, 2.75) is 25.7 Å². The molecule has 1 aliphatic heterocycles. The van der Waals surface area contributed by atoms with Crippen LogP contribution in [0.5, 0.6) is 0 Å². The van der Waals surface area contributed by atoms with Gasteiger partial charge in [0.1, 0.15) is 12.8 Å². The van der Waals surface area contributed by atoms with E-state index in [9.17, 15) is 9.90 Å². The second-order valence-corrected chi connectivity index (χ2v) is 4.28. The predicted octanol–water partition coefficient (Wildman–Crippen LogP) is 1.05. The Balaban J connectivity index is 1.81. The number of piperidine rings is 1. The molecular weight excluding hydrogens is 218 g/mol. The molecule has 1 saturated heterocycles. The smallest absolute Gasteiger partial charge is 0.309 e. The van der Waals surface area contributed by atoms with E-state index in [2.05, 4.69) is 5.32 Å². The van der Waals surface area contributed by atoms with E-state index in [4.69, 9.17) is 4.74 Å². The average Bonchev–Trinajstić information content (AvgIpc) is 2.37. The van der Waals surface area contributed by atoms with Gasteiger partial charge in [-0.3, -0.25) is 10.1 Å². The molecule has 0 spiro atoms. The summed E-state index contributed by atoms with van der Waals surface area (Å²) in [7, 11) is 0. The minimum Gasteiger partial charge on any atom is -0.461 e. The van der Waals surface area contributed by atoms with E-state index < -0.39 is 6.23 Å². The van der Waals surface area contributed by atoms with Gasteiger partial charge in [-0.15, -0.1) is 0 Å². The molecule has 4 heteroatoms. The molecule has 0 radical (unpaired) electrons.